The SMILES string of the molecule is CC(=O)N(C)[C@H]1CC[C@@H](Oc2cc(F)ccc2Nc2ncnc3sc(C(N)=O)c(C)c23)CC1. The molecule has 10 heteroatoms. The number of aryl methyl sites for hydroxylation is 1. The van der Waals surface area contributed by atoms with Gasteiger partial charge >= 0.3 is 0 Å². The summed E-state index contributed by atoms with van der Waals surface area (Å²) in [6, 6.07) is 4.50. The van der Waals surface area contributed by atoms with Gasteiger partial charge in [0.25, 0.3) is 5.91 Å². The zero-order valence-corrected chi connectivity index (χ0v) is 19.5. The molecule has 1 aromatic carbocycles. The van der Waals surface area contributed by atoms with Gasteiger partial charge in [0.2, 0.25) is 5.91 Å². The molecule has 0 spiro atoms. The maximum Gasteiger partial charge on any atom is 0.259 e. The molecule has 0 radical (unpaired) electrons. The lowest BCUT2D eigenvalue weighted by Gasteiger charge is -2.34. The molecule has 0 atom stereocenters. The minimum absolute atomic E-state index is 0.0513. The molecular weight excluding hydrogens is 445 g/mol. The Morgan fingerprint density at radius 1 is 1.24 bits per heavy atom. The average molecular weight is 472 g/mol. The van der Waals surface area contributed by atoms with Crippen LogP contribution < -0.4 is 15.8 Å². The Labute approximate surface area is 195 Å². The van der Waals surface area contributed by atoms with Crippen molar-refractivity contribution in [1.29, 1.82) is 0 Å². The van der Waals surface area contributed by atoms with Crippen LogP contribution in [0.2, 0.25) is 0 Å². The number of benzene rings is 1. The lowest BCUT2D eigenvalue weighted by molar-refractivity contribution is -0.130. The zero-order chi connectivity index (χ0) is 23.7. The highest BCUT2D eigenvalue weighted by Crippen LogP contribution is 2.37. The van der Waals surface area contributed by atoms with Crippen LogP contribution in [0.25, 0.3) is 10.2 Å². The van der Waals surface area contributed by atoms with Crippen molar-refractivity contribution in [2.75, 3.05) is 12.4 Å². The number of ether oxygens (including phenoxy) is 1. The van der Waals surface area contributed by atoms with E-state index in [0.717, 1.165) is 25.7 Å². The topological polar surface area (TPSA) is 110 Å². The normalized spacial score (nSPS) is 18.2. The summed E-state index contributed by atoms with van der Waals surface area (Å²) in [5.74, 6) is 0.00222. The van der Waals surface area contributed by atoms with Crippen molar-refractivity contribution in [3.8, 4) is 5.75 Å². The van der Waals surface area contributed by atoms with Gasteiger partial charge in [-0.1, -0.05) is 0 Å². The maximum atomic E-state index is 14.1. The first kappa shape index (κ1) is 22.9. The number of hydrogen-bond acceptors (Lipinski definition) is 7. The van der Waals surface area contributed by atoms with Crippen molar-refractivity contribution >= 4 is 44.9 Å². The van der Waals surface area contributed by atoms with Crippen LogP contribution >= 0.6 is 11.3 Å². The molecule has 2 amide bonds. The Bertz CT molecular complexity index is 1210. The number of primary amides is 1. The van der Waals surface area contributed by atoms with Crippen LogP contribution in [0, 0.1) is 12.7 Å². The molecule has 1 aliphatic rings. The smallest absolute Gasteiger partial charge is 0.259 e. The molecule has 2 aromatic heterocycles. The molecule has 174 valence electrons. The van der Waals surface area contributed by atoms with Gasteiger partial charge in [-0.05, 0) is 50.3 Å². The standard InChI is InChI=1S/C23H26FN5O3S/c1-12-19-22(26-11-27-23(19)33-20(12)21(25)31)28-17-9-4-14(24)10-18(17)32-16-7-5-15(6-8-16)29(3)13(2)30/h4,9-11,15-16H,5-8H2,1-3H3,(H2,25,31)(H,26,27,28)/t15-,16+. The molecule has 1 aliphatic carbocycles. The van der Waals surface area contributed by atoms with Gasteiger partial charge in [0.15, 0.2) is 0 Å². The van der Waals surface area contributed by atoms with E-state index in [2.05, 4.69) is 15.3 Å². The molecule has 1 saturated carbocycles. The molecule has 0 unspecified atom stereocenters. The number of fused-ring (bicyclic) bond motifs is 1. The predicted octanol–water partition coefficient (Wildman–Crippen LogP) is 4.15. The summed E-state index contributed by atoms with van der Waals surface area (Å²) < 4.78 is 20.3. The Kier molecular flexibility index (Phi) is 6.46. The number of nitrogens with two attached hydrogens (primary N) is 1. The molecule has 0 bridgehead atoms. The summed E-state index contributed by atoms with van der Waals surface area (Å²) in [6.45, 7) is 3.37. The summed E-state index contributed by atoms with van der Waals surface area (Å²) in [5, 5.41) is 3.92. The van der Waals surface area contributed by atoms with E-state index in [-0.39, 0.29) is 18.1 Å². The Hall–Kier alpha value is -3.27. The number of aromatic nitrogens is 2. The minimum Gasteiger partial charge on any atom is -0.488 e. The lowest BCUT2D eigenvalue weighted by atomic mass is 9.92. The van der Waals surface area contributed by atoms with Crippen molar-refractivity contribution < 1.29 is 18.7 Å². The fourth-order valence-corrected chi connectivity index (χ4v) is 5.21. The van der Waals surface area contributed by atoms with E-state index in [9.17, 15) is 14.0 Å². The largest absolute Gasteiger partial charge is 0.488 e. The molecular formula is C23H26FN5O3S. The Balaban J connectivity index is 1.57. The highest BCUT2D eigenvalue weighted by molar-refractivity contribution is 7.20. The van der Waals surface area contributed by atoms with Gasteiger partial charge in [-0.25, -0.2) is 14.4 Å². The third-order valence-electron chi connectivity index (χ3n) is 6.13. The van der Waals surface area contributed by atoms with Crippen molar-refractivity contribution in [3.05, 3.63) is 40.8 Å². The second-order valence-corrected chi connectivity index (χ2v) is 9.27. The lowest BCUT2D eigenvalue weighted by Crippen LogP contribution is -2.40. The van der Waals surface area contributed by atoms with E-state index in [1.54, 1.807) is 24.8 Å². The third-order valence-corrected chi connectivity index (χ3v) is 7.34. The molecule has 3 aromatic rings. The molecule has 3 N–H and O–H groups in total. The summed E-state index contributed by atoms with van der Waals surface area (Å²) >= 11 is 1.21. The van der Waals surface area contributed by atoms with Gasteiger partial charge in [0.05, 0.1) is 22.1 Å². The van der Waals surface area contributed by atoms with Gasteiger partial charge < -0.3 is 20.7 Å². The molecule has 0 saturated heterocycles. The molecule has 33 heavy (non-hydrogen) atoms. The van der Waals surface area contributed by atoms with E-state index in [1.165, 1.54) is 29.8 Å². The summed E-state index contributed by atoms with van der Waals surface area (Å²) in [5.41, 5.74) is 6.75. The number of amides is 2. The van der Waals surface area contributed by atoms with Gasteiger partial charge in [-0.2, -0.15) is 0 Å². The second kappa shape index (κ2) is 9.30. The zero-order valence-electron chi connectivity index (χ0n) is 18.7. The van der Waals surface area contributed by atoms with Crippen molar-refractivity contribution in [2.45, 2.75) is 51.7 Å². The van der Waals surface area contributed by atoms with E-state index in [1.807, 2.05) is 7.05 Å². The highest BCUT2D eigenvalue weighted by Gasteiger charge is 2.27. The highest BCUT2D eigenvalue weighted by atomic mass is 32.1. The van der Waals surface area contributed by atoms with Crippen LogP contribution in [0.15, 0.2) is 24.5 Å². The van der Waals surface area contributed by atoms with Gasteiger partial charge in [-0.3, -0.25) is 9.59 Å². The minimum atomic E-state index is -0.515. The van der Waals surface area contributed by atoms with E-state index < -0.39 is 11.7 Å². The molecule has 1 fully saturated rings. The number of nitrogens with one attached hydrogen (secondary N) is 1. The van der Waals surface area contributed by atoms with E-state index in [0.29, 0.717) is 37.9 Å². The number of thiophene rings is 1. The number of halogens is 1. The number of anilines is 2. The van der Waals surface area contributed by atoms with Gasteiger partial charge in [-0.15, -0.1) is 11.3 Å². The first-order valence-electron chi connectivity index (χ1n) is 10.7. The fourth-order valence-electron chi connectivity index (χ4n) is 4.21. The van der Waals surface area contributed by atoms with Crippen molar-refractivity contribution in [1.82, 2.24) is 14.9 Å². The quantitative estimate of drug-likeness (QED) is 0.559. The van der Waals surface area contributed by atoms with E-state index in [4.69, 9.17) is 10.5 Å². The van der Waals surface area contributed by atoms with Crippen LogP contribution in [-0.4, -0.2) is 45.9 Å². The van der Waals surface area contributed by atoms with E-state index >= 15 is 0 Å². The van der Waals surface area contributed by atoms with Crippen LogP contribution in [0.1, 0.15) is 47.8 Å². The molecule has 2 heterocycles. The predicted molar refractivity (Wildman–Crippen MR) is 125 cm³/mol. The summed E-state index contributed by atoms with van der Waals surface area (Å²) in [4.78, 5) is 34.8. The summed E-state index contributed by atoms with van der Waals surface area (Å²) in [6.07, 6.45) is 4.51. The number of rotatable bonds is 6. The number of carbonyl (C=O) groups excluding carboxylic acids is 2. The average Bonchev–Trinajstić information content (AvgIpc) is 3.13. The van der Waals surface area contributed by atoms with Crippen molar-refractivity contribution in [3.63, 3.8) is 0 Å². The fraction of sp³-hybridized carbons (Fsp3) is 0.391. The Morgan fingerprint density at radius 2 is 1.97 bits per heavy atom. The molecule has 0 aliphatic heterocycles. The van der Waals surface area contributed by atoms with Gasteiger partial charge in [0.1, 0.15) is 28.5 Å². The van der Waals surface area contributed by atoms with Crippen LogP contribution in [0.4, 0.5) is 15.9 Å². The maximum absolute atomic E-state index is 14.1. The van der Waals surface area contributed by atoms with Crippen LogP contribution in [0.5, 0.6) is 5.75 Å². The monoisotopic (exact) mass is 471 g/mol. The molecule has 4 rings (SSSR count). The second-order valence-electron chi connectivity index (χ2n) is 8.27. The van der Waals surface area contributed by atoms with Crippen molar-refractivity contribution in [2.24, 2.45) is 5.73 Å². The Morgan fingerprint density at radius 3 is 2.64 bits per heavy atom. The molecule has 8 nitrogen and oxygen atoms in total. The number of nitrogens with zero attached hydrogens (tertiary/aromatic N) is 3. The summed E-state index contributed by atoms with van der Waals surface area (Å²) in [7, 11) is 1.82. The first-order valence-corrected chi connectivity index (χ1v) is 11.6. The first-order chi connectivity index (χ1) is 15.7. The number of hydrogen-bond donors (Lipinski definition) is 2. The third kappa shape index (κ3) is 4.75. The number of carbonyl (C=O) groups is 2. The van der Waals surface area contributed by atoms with Crippen LogP contribution in [0.3, 0.4) is 0 Å². The van der Waals surface area contributed by atoms with Gasteiger partial charge in [0, 0.05) is 26.1 Å². The van der Waals surface area contributed by atoms with Crippen LogP contribution in [-0.2, 0) is 4.79 Å².